The van der Waals surface area contributed by atoms with Crippen molar-refractivity contribution in [3.63, 3.8) is 0 Å². The van der Waals surface area contributed by atoms with Crippen LogP contribution in [0.15, 0.2) is 24.3 Å². The minimum Gasteiger partial charge on any atom is -0.378 e. The predicted octanol–water partition coefficient (Wildman–Crippen LogP) is 1.23. The second-order valence-electron chi connectivity index (χ2n) is 5.21. The van der Waals surface area contributed by atoms with Crippen LogP contribution in [0.25, 0.3) is 0 Å². The molecule has 0 bridgehead atoms. The molecule has 0 saturated carbocycles. The molecule has 0 unspecified atom stereocenters. The highest BCUT2D eigenvalue weighted by atomic mass is 16.1. The normalized spacial score (nSPS) is 16.3. The molecule has 1 heterocycles. The van der Waals surface area contributed by atoms with Crippen molar-refractivity contribution >= 4 is 11.5 Å². The Labute approximate surface area is 115 Å². The summed E-state index contributed by atoms with van der Waals surface area (Å²) in [7, 11) is 4.00. The summed E-state index contributed by atoms with van der Waals surface area (Å²) < 4.78 is 0. The summed E-state index contributed by atoms with van der Waals surface area (Å²) in [5, 5.41) is 3.32. The lowest BCUT2D eigenvalue weighted by atomic mass is 10.1. The van der Waals surface area contributed by atoms with Gasteiger partial charge in [-0.3, -0.25) is 4.79 Å². The first-order valence-corrected chi connectivity index (χ1v) is 6.90. The van der Waals surface area contributed by atoms with E-state index in [1.165, 1.54) is 0 Å². The van der Waals surface area contributed by atoms with E-state index in [0.717, 1.165) is 44.0 Å². The maximum atomic E-state index is 12.1. The molecular weight excluding hydrogens is 238 g/mol. The molecule has 0 amide bonds. The Balaban J connectivity index is 1.85. The van der Waals surface area contributed by atoms with Crippen molar-refractivity contribution in [1.29, 1.82) is 0 Å². The fourth-order valence-electron chi connectivity index (χ4n) is 2.28. The van der Waals surface area contributed by atoms with Gasteiger partial charge in [0.25, 0.3) is 0 Å². The van der Waals surface area contributed by atoms with Crippen LogP contribution in [0.5, 0.6) is 0 Å². The molecule has 2 rings (SSSR count). The first kappa shape index (κ1) is 14.0. The smallest absolute Gasteiger partial charge is 0.164 e. The van der Waals surface area contributed by atoms with E-state index in [0.29, 0.717) is 6.42 Å². The first-order chi connectivity index (χ1) is 9.16. The summed E-state index contributed by atoms with van der Waals surface area (Å²) in [4.78, 5) is 16.5. The van der Waals surface area contributed by atoms with E-state index < -0.39 is 0 Å². The zero-order chi connectivity index (χ0) is 13.7. The monoisotopic (exact) mass is 261 g/mol. The van der Waals surface area contributed by atoms with E-state index in [4.69, 9.17) is 0 Å². The molecule has 0 radical (unpaired) electrons. The largest absolute Gasteiger partial charge is 0.378 e. The lowest BCUT2D eigenvalue weighted by Gasteiger charge is -2.26. The van der Waals surface area contributed by atoms with E-state index in [1.807, 2.05) is 43.3 Å². The molecule has 1 fully saturated rings. The predicted molar refractivity (Wildman–Crippen MR) is 79.0 cm³/mol. The van der Waals surface area contributed by atoms with Gasteiger partial charge in [-0.2, -0.15) is 0 Å². The fourth-order valence-corrected chi connectivity index (χ4v) is 2.28. The van der Waals surface area contributed by atoms with Crippen LogP contribution in [0.4, 0.5) is 5.69 Å². The second-order valence-corrected chi connectivity index (χ2v) is 5.21. The van der Waals surface area contributed by atoms with Gasteiger partial charge in [0.1, 0.15) is 0 Å². The van der Waals surface area contributed by atoms with Crippen molar-refractivity contribution in [2.75, 3.05) is 51.7 Å². The molecule has 1 aliphatic rings. The quantitative estimate of drug-likeness (QED) is 0.809. The molecular formula is C15H23N3O. The van der Waals surface area contributed by atoms with E-state index in [9.17, 15) is 4.79 Å². The third-order valence-electron chi connectivity index (χ3n) is 3.57. The lowest BCUT2D eigenvalue weighted by Crippen LogP contribution is -2.44. The number of piperazine rings is 1. The molecule has 1 aromatic rings. The summed E-state index contributed by atoms with van der Waals surface area (Å²) in [6.45, 7) is 5.03. The van der Waals surface area contributed by atoms with Crippen LogP contribution < -0.4 is 10.2 Å². The molecule has 0 spiro atoms. The SMILES string of the molecule is CN(C)c1ccc(C(=O)CCN2CCNCC2)cc1. The number of carbonyl (C=O) groups is 1. The zero-order valence-corrected chi connectivity index (χ0v) is 11.9. The third kappa shape index (κ3) is 4.04. The van der Waals surface area contributed by atoms with E-state index in [-0.39, 0.29) is 5.78 Å². The molecule has 0 aromatic heterocycles. The van der Waals surface area contributed by atoms with Gasteiger partial charge >= 0.3 is 0 Å². The Morgan fingerprint density at radius 3 is 2.42 bits per heavy atom. The topological polar surface area (TPSA) is 35.6 Å². The number of anilines is 1. The average molecular weight is 261 g/mol. The number of nitrogens with zero attached hydrogens (tertiary/aromatic N) is 2. The van der Waals surface area contributed by atoms with Gasteiger partial charge in [0.15, 0.2) is 5.78 Å². The summed E-state index contributed by atoms with van der Waals surface area (Å²) in [6.07, 6.45) is 0.612. The van der Waals surface area contributed by atoms with Gasteiger partial charge in [0, 0.05) is 64.5 Å². The van der Waals surface area contributed by atoms with E-state index >= 15 is 0 Å². The van der Waals surface area contributed by atoms with Gasteiger partial charge in [-0.1, -0.05) is 0 Å². The first-order valence-electron chi connectivity index (χ1n) is 6.90. The fraction of sp³-hybridized carbons (Fsp3) is 0.533. The molecule has 1 aromatic carbocycles. The van der Waals surface area contributed by atoms with Crippen molar-refractivity contribution in [3.8, 4) is 0 Å². The van der Waals surface area contributed by atoms with Gasteiger partial charge in [-0.25, -0.2) is 0 Å². The minimum atomic E-state index is 0.240. The van der Waals surface area contributed by atoms with Crippen LogP contribution in [0, 0.1) is 0 Å². The molecule has 0 atom stereocenters. The van der Waals surface area contributed by atoms with Crippen LogP contribution in [0.3, 0.4) is 0 Å². The van der Waals surface area contributed by atoms with Gasteiger partial charge in [0.2, 0.25) is 0 Å². The highest BCUT2D eigenvalue weighted by Gasteiger charge is 2.12. The maximum Gasteiger partial charge on any atom is 0.164 e. The van der Waals surface area contributed by atoms with Crippen LogP contribution in [0.1, 0.15) is 16.8 Å². The Morgan fingerprint density at radius 2 is 1.84 bits per heavy atom. The molecule has 1 aliphatic heterocycles. The highest BCUT2D eigenvalue weighted by Crippen LogP contribution is 2.13. The van der Waals surface area contributed by atoms with Crippen molar-refractivity contribution < 1.29 is 4.79 Å². The summed E-state index contributed by atoms with van der Waals surface area (Å²) in [5.74, 6) is 0.240. The average Bonchev–Trinajstić information content (AvgIpc) is 2.46. The minimum absolute atomic E-state index is 0.240. The maximum absolute atomic E-state index is 12.1. The Hall–Kier alpha value is -1.39. The van der Waals surface area contributed by atoms with Crippen molar-refractivity contribution in [2.45, 2.75) is 6.42 Å². The molecule has 104 valence electrons. The number of hydrogen-bond acceptors (Lipinski definition) is 4. The number of Topliss-reactive ketones (excluding diaryl/α,β-unsaturated/α-hetero) is 1. The summed E-state index contributed by atoms with van der Waals surface area (Å²) >= 11 is 0. The number of carbonyl (C=O) groups excluding carboxylic acids is 1. The zero-order valence-electron chi connectivity index (χ0n) is 11.9. The van der Waals surface area contributed by atoms with Crippen LogP contribution >= 0.6 is 0 Å². The van der Waals surface area contributed by atoms with Gasteiger partial charge in [0.05, 0.1) is 0 Å². The number of nitrogens with one attached hydrogen (secondary N) is 1. The Bertz CT molecular complexity index is 408. The van der Waals surface area contributed by atoms with Crippen LogP contribution in [-0.4, -0.2) is 57.5 Å². The van der Waals surface area contributed by atoms with Crippen molar-refractivity contribution in [2.24, 2.45) is 0 Å². The van der Waals surface area contributed by atoms with Crippen LogP contribution in [0.2, 0.25) is 0 Å². The molecule has 0 aliphatic carbocycles. The summed E-state index contributed by atoms with van der Waals surface area (Å²) in [5.41, 5.74) is 1.94. The van der Waals surface area contributed by atoms with Gasteiger partial charge in [-0.15, -0.1) is 0 Å². The number of rotatable bonds is 5. The highest BCUT2D eigenvalue weighted by molar-refractivity contribution is 5.96. The van der Waals surface area contributed by atoms with Crippen molar-refractivity contribution in [1.82, 2.24) is 10.2 Å². The summed E-state index contributed by atoms with van der Waals surface area (Å²) in [6, 6.07) is 7.85. The van der Waals surface area contributed by atoms with E-state index in [2.05, 4.69) is 10.2 Å². The van der Waals surface area contributed by atoms with E-state index in [1.54, 1.807) is 0 Å². The molecule has 4 nitrogen and oxygen atoms in total. The number of benzene rings is 1. The number of hydrogen-bond donors (Lipinski definition) is 1. The third-order valence-corrected chi connectivity index (χ3v) is 3.57. The lowest BCUT2D eigenvalue weighted by molar-refractivity contribution is 0.0960. The van der Waals surface area contributed by atoms with Crippen LogP contribution in [-0.2, 0) is 0 Å². The number of ketones is 1. The van der Waals surface area contributed by atoms with Gasteiger partial charge in [-0.05, 0) is 24.3 Å². The van der Waals surface area contributed by atoms with Gasteiger partial charge < -0.3 is 15.1 Å². The second kappa shape index (κ2) is 6.68. The Kier molecular flexibility index (Phi) is 4.93. The molecule has 1 saturated heterocycles. The molecule has 4 heteroatoms. The van der Waals surface area contributed by atoms with Crippen molar-refractivity contribution in [3.05, 3.63) is 29.8 Å². The molecule has 19 heavy (non-hydrogen) atoms. The Morgan fingerprint density at radius 1 is 1.21 bits per heavy atom. The molecule has 1 N–H and O–H groups in total. The standard InChI is InChI=1S/C15H23N3O/c1-17(2)14-5-3-13(4-6-14)15(19)7-10-18-11-8-16-9-12-18/h3-6,16H,7-12H2,1-2H3.